The second-order valence-electron chi connectivity index (χ2n) is 4.88. The number of rotatable bonds is 4. The predicted octanol–water partition coefficient (Wildman–Crippen LogP) is 2.95. The highest BCUT2D eigenvalue weighted by atomic mass is 19.1. The topological polar surface area (TPSA) is 29.9 Å². The largest absolute Gasteiger partial charge is 0.313 e. The molecule has 0 saturated carbocycles. The maximum absolute atomic E-state index is 13.7. The maximum Gasteiger partial charge on any atom is 0.129 e. The van der Waals surface area contributed by atoms with Crippen molar-refractivity contribution in [3.63, 3.8) is 0 Å². The first-order chi connectivity index (χ1) is 9.02. The van der Waals surface area contributed by atoms with Gasteiger partial charge in [0.2, 0.25) is 0 Å². The molecule has 4 heteroatoms. The van der Waals surface area contributed by atoms with E-state index in [4.69, 9.17) is 0 Å². The van der Waals surface area contributed by atoms with Gasteiger partial charge in [-0.15, -0.1) is 0 Å². The first kappa shape index (κ1) is 13.7. The van der Waals surface area contributed by atoms with Crippen LogP contribution in [0.3, 0.4) is 0 Å². The Labute approximate surface area is 113 Å². The molecule has 0 aliphatic heterocycles. The molecule has 1 N–H and O–H groups in total. The fourth-order valence-corrected chi connectivity index (χ4v) is 2.25. The lowest BCUT2D eigenvalue weighted by molar-refractivity contribution is 0.609. The average molecular weight is 261 g/mol. The first-order valence-electron chi connectivity index (χ1n) is 6.53. The number of aryl methyl sites for hydroxylation is 3. The van der Waals surface area contributed by atoms with Gasteiger partial charge in [-0.3, -0.25) is 4.68 Å². The molecule has 3 nitrogen and oxygen atoms in total. The van der Waals surface area contributed by atoms with Crippen molar-refractivity contribution in [2.45, 2.75) is 27.3 Å². The Kier molecular flexibility index (Phi) is 4.00. The molecule has 0 atom stereocenters. The van der Waals surface area contributed by atoms with E-state index in [0.717, 1.165) is 29.9 Å². The highest BCUT2D eigenvalue weighted by molar-refractivity contribution is 5.64. The summed E-state index contributed by atoms with van der Waals surface area (Å²) in [6.07, 6.45) is 2.01. The smallest absolute Gasteiger partial charge is 0.129 e. The molecular weight excluding hydrogens is 241 g/mol. The molecule has 0 aliphatic rings. The molecular formula is C15H20FN3. The van der Waals surface area contributed by atoms with E-state index < -0.39 is 0 Å². The quantitative estimate of drug-likeness (QED) is 0.917. The Morgan fingerprint density at radius 2 is 1.89 bits per heavy atom. The van der Waals surface area contributed by atoms with E-state index in [-0.39, 0.29) is 5.82 Å². The Bertz CT molecular complexity index is 564. The zero-order chi connectivity index (χ0) is 14.0. The third kappa shape index (κ3) is 2.84. The SMILES string of the molecule is CCNCc1cn(C)nc1-c1cc(C)c(F)c(C)c1. The van der Waals surface area contributed by atoms with Crippen LogP contribution >= 0.6 is 0 Å². The molecule has 0 radical (unpaired) electrons. The van der Waals surface area contributed by atoms with Gasteiger partial charge in [0.05, 0.1) is 5.69 Å². The molecule has 0 saturated heterocycles. The molecule has 0 fully saturated rings. The lowest BCUT2D eigenvalue weighted by Crippen LogP contribution is -2.11. The van der Waals surface area contributed by atoms with Crippen LogP contribution in [-0.4, -0.2) is 16.3 Å². The summed E-state index contributed by atoms with van der Waals surface area (Å²) in [5.74, 6) is -0.132. The highest BCUT2D eigenvalue weighted by Crippen LogP contribution is 2.26. The number of hydrogen-bond acceptors (Lipinski definition) is 2. The van der Waals surface area contributed by atoms with Crippen LogP contribution in [0.2, 0.25) is 0 Å². The molecule has 2 aromatic rings. The molecule has 1 aromatic heterocycles. The van der Waals surface area contributed by atoms with Gasteiger partial charge in [0.1, 0.15) is 5.82 Å². The van der Waals surface area contributed by atoms with Crippen LogP contribution in [0.5, 0.6) is 0 Å². The molecule has 1 heterocycles. The third-order valence-corrected chi connectivity index (χ3v) is 3.18. The van der Waals surface area contributed by atoms with Crippen molar-refractivity contribution in [2.24, 2.45) is 7.05 Å². The van der Waals surface area contributed by atoms with E-state index in [1.54, 1.807) is 18.5 Å². The number of nitrogens with one attached hydrogen (secondary N) is 1. The van der Waals surface area contributed by atoms with Crippen LogP contribution in [-0.2, 0) is 13.6 Å². The summed E-state index contributed by atoms with van der Waals surface area (Å²) in [5.41, 5.74) is 4.36. The Morgan fingerprint density at radius 1 is 1.26 bits per heavy atom. The molecule has 0 bridgehead atoms. The minimum Gasteiger partial charge on any atom is -0.313 e. The summed E-state index contributed by atoms with van der Waals surface area (Å²) in [4.78, 5) is 0. The molecule has 0 aliphatic carbocycles. The lowest BCUT2D eigenvalue weighted by atomic mass is 10.0. The molecule has 19 heavy (non-hydrogen) atoms. The van der Waals surface area contributed by atoms with Gasteiger partial charge in [-0.25, -0.2) is 4.39 Å². The van der Waals surface area contributed by atoms with Crippen molar-refractivity contribution in [2.75, 3.05) is 6.54 Å². The molecule has 2 rings (SSSR count). The van der Waals surface area contributed by atoms with Crippen LogP contribution in [0.25, 0.3) is 11.3 Å². The predicted molar refractivity (Wildman–Crippen MR) is 75.5 cm³/mol. The summed E-state index contributed by atoms with van der Waals surface area (Å²) >= 11 is 0. The number of nitrogens with zero attached hydrogens (tertiary/aromatic N) is 2. The van der Waals surface area contributed by atoms with E-state index >= 15 is 0 Å². The molecule has 0 unspecified atom stereocenters. The van der Waals surface area contributed by atoms with Gasteiger partial charge >= 0.3 is 0 Å². The second kappa shape index (κ2) is 5.53. The minimum atomic E-state index is -0.132. The molecule has 102 valence electrons. The van der Waals surface area contributed by atoms with Gasteiger partial charge in [-0.2, -0.15) is 5.10 Å². The van der Waals surface area contributed by atoms with Crippen molar-refractivity contribution in [1.29, 1.82) is 0 Å². The molecule has 1 aromatic carbocycles. The molecule has 0 amide bonds. The number of aromatic nitrogens is 2. The zero-order valence-corrected chi connectivity index (χ0v) is 11.9. The fourth-order valence-electron chi connectivity index (χ4n) is 2.25. The number of hydrogen-bond donors (Lipinski definition) is 1. The zero-order valence-electron chi connectivity index (χ0n) is 11.9. The van der Waals surface area contributed by atoms with Crippen molar-refractivity contribution < 1.29 is 4.39 Å². The molecule has 0 spiro atoms. The highest BCUT2D eigenvalue weighted by Gasteiger charge is 2.12. The van der Waals surface area contributed by atoms with Gasteiger partial charge in [-0.1, -0.05) is 6.92 Å². The van der Waals surface area contributed by atoms with Crippen molar-refractivity contribution in [3.05, 3.63) is 40.8 Å². The van der Waals surface area contributed by atoms with Crippen LogP contribution < -0.4 is 5.32 Å². The maximum atomic E-state index is 13.7. The summed E-state index contributed by atoms with van der Waals surface area (Å²) < 4.78 is 15.5. The number of halogens is 1. The standard InChI is InChI=1S/C15H20FN3/c1-5-17-8-13-9-19(4)18-15(13)12-6-10(2)14(16)11(3)7-12/h6-7,9,17H,5,8H2,1-4H3. The second-order valence-corrected chi connectivity index (χ2v) is 4.88. The normalized spacial score (nSPS) is 11.0. The average Bonchev–Trinajstić information content (AvgIpc) is 2.74. The van der Waals surface area contributed by atoms with Gasteiger partial charge in [-0.05, 0) is 43.7 Å². The Balaban J connectivity index is 2.46. The van der Waals surface area contributed by atoms with Crippen LogP contribution in [0.4, 0.5) is 4.39 Å². The Hall–Kier alpha value is -1.68. The van der Waals surface area contributed by atoms with E-state index in [9.17, 15) is 4.39 Å². The lowest BCUT2D eigenvalue weighted by Gasteiger charge is -2.07. The Morgan fingerprint density at radius 3 is 2.47 bits per heavy atom. The minimum absolute atomic E-state index is 0.132. The van der Waals surface area contributed by atoms with E-state index in [0.29, 0.717) is 11.1 Å². The van der Waals surface area contributed by atoms with Crippen molar-refractivity contribution in [1.82, 2.24) is 15.1 Å². The van der Waals surface area contributed by atoms with Gasteiger partial charge in [0.25, 0.3) is 0 Å². The monoisotopic (exact) mass is 261 g/mol. The van der Waals surface area contributed by atoms with Gasteiger partial charge in [0, 0.05) is 30.9 Å². The van der Waals surface area contributed by atoms with E-state index in [2.05, 4.69) is 17.3 Å². The summed E-state index contributed by atoms with van der Waals surface area (Å²) in [6.45, 7) is 7.34. The third-order valence-electron chi connectivity index (χ3n) is 3.18. The van der Waals surface area contributed by atoms with Gasteiger partial charge < -0.3 is 5.32 Å². The summed E-state index contributed by atoms with van der Waals surface area (Å²) in [7, 11) is 1.90. The van der Waals surface area contributed by atoms with Crippen LogP contribution in [0, 0.1) is 19.7 Å². The summed E-state index contributed by atoms with van der Waals surface area (Å²) in [6, 6.07) is 3.72. The van der Waals surface area contributed by atoms with E-state index in [1.807, 2.05) is 25.4 Å². The fraction of sp³-hybridized carbons (Fsp3) is 0.400. The summed E-state index contributed by atoms with van der Waals surface area (Å²) in [5, 5.41) is 7.80. The van der Waals surface area contributed by atoms with Crippen molar-refractivity contribution >= 4 is 0 Å². The van der Waals surface area contributed by atoms with Crippen LogP contribution in [0.15, 0.2) is 18.3 Å². The number of benzene rings is 1. The first-order valence-corrected chi connectivity index (χ1v) is 6.53. The van der Waals surface area contributed by atoms with Crippen molar-refractivity contribution in [3.8, 4) is 11.3 Å². The van der Waals surface area contributed by atoms with E-state index in [1.165, 1.54) is 0 Å². The van der Waals surface area contributed by atoms with Crippen LogP contribution in [0.1, 0.15) is 23.6 Å². The van der Waals surface area contributed by atoms with Gasteiger partial charge in [0.15, 0.2) is 0 Å².